The lowest BCUT2D eigenvalue weighted by Crippen LogP contribution is -2.37. The van der Waals surface area contributed by atoms with E-state index in [4.69, 9.17) is 5.11 Å². The average Bonchev–Trinajstić information content (AvgIpc) is 3.23. The Morgan fingerprint density at radius 2 is 1.89 bits per heavy atom. The normalized spacial score (nSPS) is 15.9. The Balaban J connectivity index is 1.84. The summed E-state index contributed by atoms with van der Waals surface area (Å²) in [6.45, 7) is 1.73. The van der Waals surface area contributed by atoms with Crippen LogP contribution in [0.15, 0.2) is 35.2 Å². The molecular formula is C13H20N2O3S. The van der Waals surface area contributed by atoms with Gasteiger partial charge in [0.1, 0.15) is 0 Å². The Kier molecular flexibility index (Phi) is 4.93. The smallest absolute Gasteiger partial charge is 0.240 e. The van der Waals surface area contributed by atoms with Crippen LogP contribution < -0.4 is 4.72 Å². The van der Waals surface area contributed by atoms with Gasteiger partial charge in [0.05, 0.1) is 11.5 Å². The van der Waals surface area contributed by atoms with E-state index < -0.39 is 10.0 Å². The molecule has 0 amide bonds. The Labute approximate surface area is 114 Å². The van der Waals surface area contributed by atoms with Gasteiger partial charge in [0.2, 0.25) is 10.0 Å². The number of nitrogens with zero attached hydrogens (tertiary/aromatic N) is 1. The molecule has 0 aromatic heterocycles. The van der Waals surface area contributed by atoms with Crippen molar-refractivity contribution in [2.24, 2.45) is 0 Å². The first-order chi connectivity index (χ1) is 9.13. The van der Waals surface area contributed by atoms with Crippen LogP contribution >= 0.6 is 0 Å². The molecule has 6 heteroatoms. The molecule has 0 aliphatic heterocycles. The molecule has 2 N–H and O–H groups in total. The highest BCUT2D eigenvalue weighted by Gasteiger charge is 2.28. The van der Waals surface area contributed by atoms with Crippen LogP contribution in [0.1, 0.15) is 12.8 Å². The third kappa shape index (κ3) is 4.28. The Bertz CT molecular complexity index is 486. The molecule has 19 heavy (non-hydrogen) atoms. The number of hydrogen-bond donors (Lipinski definition) is 2. The maximum Gasteiger partial charge on any atom is 0.240 e. The molecule has 0 unspecified atom stereocenters. The van der Waals surface area contributed by atoms with Crippen LogP contribution in [-0.4, -0.2) is 50.7 Å². The lowest BCUT2D eigenvalue weighted by Gasteiger charge is -2.20. The number of aliphatic hydroxyl groups is 1. The monoisotopic (exact) mass is 284 g/mol. The van der Waals surface area contributed by atoms with Gasteiger partial charge in [-0.05, 0) is 25.0 Å². The fraction of sp³-hybridized carbons (Fsp3) is 0.538. The molecule has 2 rings (SSSR count). The summed E-state index contributed by atoms with van der Waals surface area (Å²) in [4.78, 5) is 2.42. The van der Waals surface area contributed by atoms with Crippen LogP contribution in [0.25, 0.3) is 0 Å². The van der Waals surface area contributed by atoms with E-state index in [0.717, 1.165) is 12.8 Å². The molecule has 0 radical (unpaired) electrons. The minimum Gasteiger partial charge on any atom is -0.395 e. The molecule has 1 fully saturated rings. The molecule has 0 heterocycles. The maximum absolute atomic E-state index is 12.0. The molecule has 1 aromatic carbocycles. The summed E-state index contributed by atoms with van der Waals surface area (Å²) in [5.41, 5.74) is 0. The summed E-state index contributed by atoms with van der Waals surface area (Å²) in [6, 6.07) is 8.87. The van der Waals surface area contributed by atoms with Crippen LogP contribution in [0.2, 0.25) is 0 Å². The first-order valence-corrected chi connectivity index (χ1v) is 8.01. The average molecular weight is 284 g/mol. The standard InChI is InChI=1S/C13H20N2O3S/c16-11-10-15(12-6-7-12)9-8-14-19(17,18)13-4-2-1-3-5-13/h1-5,12,14,16H,6-11H2. The molecule has 1 aliphatic carbocycles. The van der Waals surface area contributed by atoms with E-state index in [2.05, 4.69) is 9.62 Å². The van der Waals surface area contributed by atoms with Crippen LogP contribution in [0, 0.1) is 0 Å². The largest absolute Gasteiger partial charge is 0.395 e. The van der Waals surface area contributed by atoms with Gasteiger partial charge < -0.3 is 5.11 Å². The Morgan fingerprint density at radius 3 is 2.47 bits per heavy atom. The fourth-order valence-corrected chi connectivity index (χ4v) is 3.09. The Hall–Kier alpha value is -0.950. The summed E-state index contributed by atoms with van der Waals surface area (Å²) in [6.07, 6.45) is 2.29. The van der Waals surface area contributed by atoms with Crippen molar-refractivity contribution in [1.82, 2.24) is 9.62 Å². The van der Waals surface area contributed by atoms with Crippen LogP contribution in [0.5, 0.6) is 0 Å². The SMILES string of the molecule is O=S(=O)(NCCN(CCO)C1CC1)c1ccccc1. The molecule has 5 nitrogen and oxygen atoms in total. The van der Waals surface area contributed by atoms with Crippen molar-refractivity contribution in [2.45, 2.75) is 23.8 Å². The van der Waals surface area contributed by atoms with Gasteiger partial charge >= 0.3 is 0 Å². The molecule has 1 saturated carbocycles. The Morgan fingerprint density at radius 1 is 1.21 bits per heavy atom. The van der Waals surface area contributed by atoms with E-state index in [1.165, 1.54) is 0 Å². The van der Waals surface area contributed by atoms with Crippen LogP contribution in [0.3, 0.4) is 0 Å². The zero-order valence-electron chi connectivity index (χ0n) is 10.8. The van der Waals surface area contributed by atoms with Gasteiger partial charge in [-0.15, -0.1) is 0 Å². The number of rotatable bonds is 8. The lowest BCUT2D eigenvalue weighted by atomic mass is 10.4. The van der Waals surface area contributed by atoms with Gasteiger partial charge in [0, 0.05) is 25.7 Å². The zero-order valence-corrected chi connectivity index (χ0v) is 11.6. The van der Waals surface area contributed by atoms with Crippen molar-refractivity contribution in [1.29, 1.82) is 0 Å². The molecular weight excluding hydrogens is 264 g/mol. The highest BCUT2D eigenvalue weighted by Crippen LogP contribution is 2.25. The predicted octanol–water partition coefficient (Wildman–Crippen LogP) is 0.422. The highest BCUT2D eigenvalue weighted by atomic mass is 32.2. The van der Waals surface area contributed by atoms with E-state index >= 15 is 0 Å². The van der Waals surface area contributed by atoms with E-state index in [1.54, 1.807) is 30.3 Å². The lowest BCUT2D eigenvalue weighted by molar-refractivity contribution is 0.191. The third-order valence-electron chi connectivity index (χ3n) is 3.20. The maximum atomic E-state index is 12.0. The van der Waals surface area contributed by atoms with Gasteiger partial charge in [0.25, 0.3) is 0 Å². The molecule has 0 bridgehead atoms. The molecule has 0 atom stereocenters. The number of benzene rings is 1. The summed E-state index contributed by atoms with van der Waals surface area (Å²) in [5.74, 6) is 0. The van der Waals surface area contributed by atoms with Crippen molar-refractivity contribution in [2.75, 3.05) is 26.2 Å². The number of sulfonamides is 1. The molecule has 1 aromatic rings. The van der Waals surface area contributed by atoms with Gasteiger partial charge in [-0.2, -0.15) is 0 Å². The first-order valence-electron chi connectivity index (χ1n) is 6.53. The van der Waals surface area contributed by atoms with Gasteiger partial charge in [-0.25, -0.2) is 13.1 Å². The second-order valence-electron chi connectivity index (χ2n) is 4.70. The van der Waals surface area contributed by atoms with E-state index in [9.17, 15) is 8.42 Å². The van der Waals surface area contributed by atoms with E-state index in [0.29, 0.717) is 25.7 Å². The molecule has 106 valence electrons. The van der Waals surface area contributed by atoms with Crippen molar-refractivity contribution >= 4 is 10.0 Å². The second-order valence-corrected chi connectivity index (χ2v) is 6.47. The van der Waals surface area contributed by atoms with E-state index in [-0.39, 0.29) is 11.5 Å². The fourth-order valence-electron chi connectivity index (χ4n) is 2.05. The summed E-state index contributed by atoms with van der Waals surface area (Å²) < 4.78 is 26.6. The highest BCUT2D eigenvalue weighted by molar-refractivity contribution is 7.89. The summed E-state index contributed by atoms with van der Waals surface area (Å²) in [7, 11) is -3.42. The first kappa shape index (κ1) is 14.5. The van der Waals surface area contributed by atoms with Gasteiger partial charge in [-0.1, -0.05) is 18.2 Å². The van der Waals surface area contributed by atoms with Crippen molar-refractivity contribution in [3.8, 4) is 0 Å². The van der Waals surface area contributed by atoms with Crippen molar-refractivity contribution < 1.29 is 13.5 Å². The van der Waals surface area contributed by atoms with Crippen LogP contribution in [-0.2, 0) is 10.0 Å². The van der Waals surface area contributed by atoms with Crippen molar-refractivity contribution in [3.05, 3.63) is 30.3 Å². The molecule has 0 saturated heterocycles. The second kappa shape index (κ2) is 6.47. The zero-order chi connectivity index (χ0) is 13.7. The van der Waals surface area contributed by atoms with E-state index in [1.807, 2.05) is 0 Å². The minimum absolute atomic E-state index is 0.113. The van der Waals surface area contributed by atoms with Gasteiger partial charge in [-0.3, -0.25) is 4.90 Å². The van der Waals surface area contributed by atoms with Crippen molar-refractivity contribution in [3.63, 3.8) is 0 Å². The topological polar surface area (TPSA) is 69.6 Å². The summed E-state index contributed by atoms with van der Waals surface area (Å²) >= 11 is 0. The third-order valence-corrected chi connectivity index (χ3v) is 4.67. The quantitative estimate of drug-likeness (QED) is 0.726. The minimum atomic E-state index is -3.42. The van der Waals surface area contributed by atoms with Gasteiger partial charge in [0.15, 0.2) is 0 Å². The molecule has 0 spiro atoms. The number of hydrogen-bond acceptors (Lipinski definition) is 4. The van der Waals surface area contributed by atoms with Crippen LogP contribution in [0.4, 0.5) is 0 Å². The predicted molar refractivity (Wildman–Crippen MR) is 73.3 cm³/mol. The summed E-state index contributed by atoms with van der Waals surface area (Å²) in [5, 5.41) is 8.97. The molecule has 1 aliphatic rings. The number of aliphatic hydroxyl groups excluding tert-OH is 1. The number of nitrogens with one attached hydrogen (secondary N) is 1.